The largest absolute Gasteiger partial charge is 0.465 e. The van der Waals surface area contributed by atoms with Crippen LogP contribution in [0, 0.1) is 0 Å². The van der Waals surface area contributed by atoms with Crippen molar-refractivity contribution in [3.63, 3.8) is 0 Å². The second kappa shape index (κ2) is 31.6. The number of allylic oxidation sites excluding steroid dienone is 2. The molecule has 0 saturated carbocycles. The molecule has 0 bridgehead atoms. The number of carbonyl (C=O) groups is 3. The van der Waals surface area contributed by atoms with Gasteiger partial charge in [0.1, 0.15) is 12.2 Å². The summed E-state index contributed by atoms with van der Waals surface area (Å²) in [6, 6.07) is 0. The van der Waals surface area contributed by atoms with Crippen molar-refractivity contribution in [3.8, 4) is 0 Å². The Morgan fingerprint density at radius 2 is 1.22 bits per heavy atom. The molecule has 0 aromatic rings. The molecular formula is C29H52AlO6. The molecule has 0 aliphatic carbocycles. The van der Waals surface area contributed by atoms with E-state index in [1.807, 2.05) is 13.8 Å². The van der Waals surface area contributed by atoms with E-state index in [2.05, 4.69) is 46.1 Å². The minimum Gasteiger partial charge on any atom is -0.465 e. The van der Waals surface area contributed by atoms with Crippen LogP contribution in [-0.2, 0) is 22.9 Å². The molecule has 0 spiro atoms. The maximum absolute atomic E-state index is 11.2. The summed E-state index contributed by atoms with van der Waals surface area (Å²) >= 11 is 2.19. The first kappa shape index (κ1) is 39.1. The van der Waals surface area contributed by atoms with Gasteiger partial charge >= 0.3 is 46.3 Å². The molecular weight excluding hydrogens is 471 g/mol. The maximum Gasteiger partial charge on any atom is 0.313 e. The van der Waals surface area contributed by atoms with Crippen LogP contribution in [0.1, 0.15) is 131 Å². The van der Waals surface area contributed by atoms with E-state index in [1.54, 1.807) is 0 Å². The van der Waals surface area contributed by atoms with Crippen molar-refractivity contribution in [1.29, 1.82) is 0 Å². The number of carbonyl (C=O) groups excluding carboxylic acids is 3. The van der Waals surface area contributed by atoms with Crippen LogP contribution in [0.4, 0.5) is 0 Å². The van der Waals surface area contributed by atoms with E-state index in [0.29, 0.717) is 12.7 Å². The number of carboxylic acids is 1. The Morgan fingerprint density at radius 1 is 0.833 bits per heavy atom. The second-order valence-electron chi connectivity index (χ2n) is 9.29. The van der Waals surface area contributed by atoms with Crippen molar-refractivity contribution >= 4 is 34.3 Å². The van der Waals surface area contributed by atoms with Gasteiger partial charge in [-0.3, -0.25) is 9.59 Å². The van der Waals surface area contributed by atoms with Crippen LogP contribution in [0.3, 0.4) is 0 Å². The molecule has 0 saturated heterocycles. The first-order valence-corrected chi connectivity index (χ1v) is 14.1. The molecule has 6 nitrogen and oxygen atoms in total. The Kier molecular flexibility index (Phi) is 34.3. The number of ketones is 1. The standard InChI is InChI=1S/C22H40O3.C4H6O2.C3H7O.Al/c1-3-4-5-6-7-8-9-10-11-12-13-14-15-16-17-18-19-25-22(24)20-21(2)23;1-3(2)4(5)6;1-3(2)4;/h10-11H,3-9,12-20H2,1-2H3;1H2,2H3,(H,5,6);3H,1-2H3;/q;;-1;+2/p-1. The van der Waals surface area contributed by atoms with E-state index in [4.69, 9.17) is 4.74 Å². The van der Waals surface area contributed by atoms with Crippen molar-refractivity contribution in [1.82, 2.24) is 0 Å². The van der Waals surface area contributed by atoms with Crippen LogP contribution in [0.5, 0.6) is 0 Å². The Balaban J connectivity index is -0.000000818. The third kappa shape index (κ3) is 42.7. The smallest absolute Gasteiger partial charge is 0.313 e. The van der Waals surface area contributed by atoms with Crippen molar-refractivity contribution in [2.45, 2.75) is 137 Å². The summed E-state index contributed by atoms with van der Waals surface area (Å²) in [5.74, 6) is -1.71. The zero-order valence-electron chi connectivity index (χ0n) is 23.8. The number of carboxylic acid groups (broad SMARTS) is 1. The molecule has 36 heavy (non-hydrogen) atoms. The molecule has 0 aromatic heterocycles. The summed E-state index contributed by atoms with van der Waals surface area (Å²) in [6.07, 6.45) is 22.7. The number of Topliss-reactive ketones (excluding diaryl/α,β-unsaturated/α-hetero) is 1. The van der Waals surface area contributed by atoms with E-state index < -0.39 is 5.97 Å². The molecule has 0 aliphatic rings. The first-order valence-electron chi connectivity index (χ1n) is 13.6. The van der Waals surface area contributed by atoms with Gasteiger partial charge in [0.2, 0.25) is 0 Å². The normalized spacial score (nSPS) is 10.2. The Hall–Kier alpha value is -1.42. The Bertz CT molecular complexity index is 560. The van der Waals surface area contributed by atoms with Gasteiger partial charge in [0.25, 0.3) is 0 Å². The molecule has 0 N–H and O–H groups in total. The molecule has 0 rings (SSSR count). The third-order valence-electron chi connectivity index (χ3n) is 4.93. The van der Waals surface area contributed by atoms with Crippen molar-refractivity contribution in [3.05, 3.63) is 24.3 Å². The van der Waals surface area contributed by atoms with Crippen molar-refractivity contribution < 1.29 is 28.0 Å². The van der Waals surface area contributed by atoms with Gasteiger partial charge in [0, 0.05) is 0 Å². The van der Waals surface area contributed by atoms with Crippen molar-refractivity contribution in [2.75, 3.05) is 6.61 Å². The van der Waals surface area contributed by atoms with Crippen LogP contribution >= 0.6 is 0 Å². The van der Waals surface area contributed by atoms with Gasteiger partial charge in [-0.1, -0.05) is 83.4 Å². The van der Waals surface area contributed by atoms with E-state index >= 15 is 0 Å². The molecule has 0 heterocycles. The van der Waals surface area contributed by atoms with Crippen LogP contribution in [0.15, 0.2) is 24.3 Å². The molecule has 0 unspecified atom stereocenters. The number of ether oxygens (including phenoxy) is 1. The van der Waals surface area contributed by atoms with E-state index in [-0.39, 0.29) is 23.7 Å². The van der Waals surface area contributed by atoms with E-state index in [1.165, 1.54) is 90.9 Å². The molecule has 1 radical (unpaired) electrons. The third-order valence-corrected chi connectivity index (χ3v) is 5.48. The predicted molar refractivity (Wildman–Crippen MR) is 148 cm³/mol. The molecule has 0 fully saturated rings. The summed E-state index contributed by atoms with van der Waals surface area (Å²) in [6.45, 7) is 12.6. The van der Waals surface area contributed by atoms with Gasteiger partial charge in [-0.15, -0.1) is 0 Å². The average molecular weight is 524 g/mol. The predicted octanol–water partition coefficient (Wildman–Crippen LogP) is 6.35. The van der Waals surface area contributed by atoms with Gasteiger partial charge in [0.15, 0.2) is 0 Å². The maximum atomic E-state index is 11.2. The summed E-state index contributed by atoms with van der Waals surface area (Å²) in [4.78, 5) is 31.4. The summed E-state index contributed by atoms with van der Waals surface area (Å²) < 4.78 is 9.67. The van der Waals surface area contributed by atoms with Gasteiger partial charge < -0.3 is 14.6 Å². The first-order chi connectivity index (χ1) is 17.1. The number of unbranched alkanes of at least 4 members (excludes halogenated alkanes) is 12. The monoisotopic (exact) mass is 523 g/mol. The molecule has 7 heteroatoms. The van der Waals surface area contributed by atoms with Gasteiger partial charge in [-0.05, 0) is 51.5 Å². The SMILES string of the molecule is C=C(C)C(=O)[O-].CC(C)[O][Al+].CCCCCCCCC=CCCCCCCCCOC(=O)CC(C)=O. The quantitative estimate of drug-likeness (QED) is 0.0461. The zero-order chi connectivity index (χ0) is 28.0. The van der Waals surface area contributed by atoms with E-state index in [0.717, 1.165) is 12.8 Å². The summed E-state index contributed by atoms with van der Waals surface area (Å²) in [5, 5.41) is 9.49. The fourth-order valence-corrected chi connectivity index (χ4v) is 2.79. The van der Waals surface area contributed by atoms with Gasteiger partial charge in [-0.2, -0.15) is 0 Å². The van der Waals surface area contributed by atoms with Crippen LogP contribution in [-0.4, -0.2) is 47.1 Å². The number of aliphatic carboxylic acids is 1. The molecule has 207 valence electrons. The number of hydrogen-bond acceptors (Lipinski definition) is 6. The van der Waals surface area contributed by atoms with E-state index in [9.17, 15) is 19.5 Å². The minimum atomic E-state index is -1.19. The molecule has 0 aliphatic heterocycles. The van der Waals surface area contributed by atoms with Crippen LogP contribution in [0.2, 0.25) is 0 Å². The number of esters is 1. The Morgan fingerprint density at radius 3 is 1.58 bits per heavy atom. The van der Waals surface area contributed by atoms with Gasteiger partial charge in [-0.25, -0.2) is 0 Å². The van der Waals surface area contributed by atoms with Crippen molar-refractivity contribution in [2.24, 2.45) is 0 Å². The van der Waals surface area contributed by atoms with Crippen LogP contribution < -0.4 is 5.11 Å². The topological polar surface area (TPSA) is 92.7 Å². The fourth-order valence-electron chi connectivity index (χ4n) is 2.79. The Labute approximate surface area is 230 Å². The summed E-state index contributed by atoms with van der Waals surface area (Å²) in [5.41, 5.74) is 0.0648. The van der Waals surface area contributed by atoms with Gasteiger partial charge in [0.05, 0.1) is 12.6 Å². The second-order valence-corrected chi connectivity index (χ2v) is 9.56. The summed E-state index contributed by atoms with van der Waals surface area (Å²) in [7, 11) is 0. The molecule has 0 atom stereocenters. The minimum absolute atomic E-state index is 0.0648. The zero-order valence-corrected chi connectivity index (χ0v) is 24.9. The molecule has 0 aromatic carbocycles. The average Bonchev–Trinajstić information content (AvgIpc) is 2.81. The van der Waals surface area contributed by atoms with Crippen LogP contribution in [0.25, 0.3) is 0 Å². The number of hydrogen-bond donors (Lipinski definition) is 0. The number of rotatable bonds is 20. The fraction of sp³-hybridized carbons (Fsp3) is 0.759. The molecule has 0 amide bonds.